The first-order valence-corrected chi connectivity index (χ1v) is 23.8. The van der Waals surface area contributed by atoms with E-state index in [1.807, 2.05) is 97.2 Å². The van der Waals surface area contributed by atoms with E-state index in [1.165, 1.54) is 38.5 Å². The van der Waals surface area contributed by atoms with E-state index in [1.54, 1.807) is 0 Å². The summed E-state index contributed by atoms with van der Waals surface area (Å²) in [5.41, 5.74) is 0. The highest BCUT2D eigenvalue weighted by molar-refractivity contribution is 5.71. The van der Waals surface area contributed by atoms with Crippen LogP contribution in [0.3, 0.4) is 0 Å². The van der Waals surface area contributed by atoms with Gasteiger partial charge in [-0.1, -0.05) is 231 Å². The molecule has 61 heavy (non-hydrogen) atoms. The van der Waals surface area contributed by atoms with Gasteiger partial charge >= 0.3 is 17.9 Å². The van der Waals surface area contributed by atoms with E-state index >= 15 is 0 Å². The summed E-state index contributed by atoms with van der Waals surface area (Å²) in [7, 11) is 0. The van der Waals surface area contributed by atoms with Gasteiger partial charge in [0, 0.05) is 19.3 Å². The second-order valence-corrected chi connectivity index (χ2v) is 15.2. The predicted molar refractivity (Wildman–Crippen MR) is 260 cm³/mol. The Balaban J connectivity index is 4.53. The van der Waals surface area contributed by atoms with Crippen molar-refractivity contribution in [1.29, 1.82) is 0 Å². The molecule has 0 aromatic heterocycles. The molecule has 0 fully saturated rings. The summed E-state index contributed by atoms with van der Waals surface area (Å²) < 4.78 is 16.7. The van der Waals surface area contributed by atoms with Gasteiger partial charge in [0.2, 0.25) is 0 Å². The molecule has 340 valence electrons. The zero-order chi connectivity index (χ0) is 44.4. The standard InChI is InChI=1S/C55H84O6/c1-4-7-10-13-16-19-21-23-25-26-27-28-30-31-33-36-39-42-45-48-54(57)60-51-52(50-59-53(56)47-44-41-38-35-18-15-12-9-6-3)61-55(58)49-46-43-40-37-34-32-29-24-22-20-17-14-11-8-5-2/h7-8,10-11,13-14,16-17,19-31,33,52H,4-6,9,12,15,18,32,34-51H2,1-3H3/b10-7-,11-8-,16-13-,17-14-,21-19-,22-20-,25-23-,27-26+,29-24-,30-28-,33-31-. The highest BCUT2D eigenvalue weighted by Crippen LogP contribution is 2.13. The molecule has 0 aliphatic heterocycles. The molecule has 1 unspecified atom stereocenters. The lowest BCUT2D eigenvalue weighted by Gasteiger charge is -2.18. The molecule has 0 rings (SSSR count). The van der Waals surface area contributed by atoms with Crippen LogP contribution in [0.1, 0.15) is 175 Å². The van der Waals surface area contributed by atoms with E-state index in [-0.39, 0.29) is 37.5 Å². The minimum absolute atomic E-state index is 0.107. The van der Waals surface area contributed by atoms with Gasteiger partial charge < -0.3 is 14.2 Å². The van der Waals surface area contributed by atoms with E-state index < -0.39 is 6.10 Å². The molecule has 0 aliphatic carbocycles. The van der Waals surface area contributed by atoms with Gasteiger partial charge in [-0.05, 0) is 57.8 Å². The number of carbonyl (C=O) groups is 3. The summed E-state index contributed by atoms with van der Waals surface area (Å²) in [6.45, 7) is 6.24. The second kappa shape index (κ2) is 48.2. The molecular weight excluding hydrogens is 757 g/mol. The second-order valence-electron chi connectivity index (χ2n) is 15.2. The van der Waals surface area contributed by atoms with Crippen LogP contribution in [0, 0.1) is 0 Å². The van der Waals surface area contributed by atoms with Crippen LogP contribution in [0.25, 0.3) is 0 Å². The van der Waals surface area contributed by atoms with Crippen LogP contribution in [-0.2, 0) is 28.6 Å². The van der Waals surface area contributed by atoms with Crippen molar-refractivity contribution in [3.63, 3.8) is 0 Å². The molecular formula is C55H84O6. The van der Waals surface area contributed by atoms with Crippen LogP contribution in [0.2, 0.25) is 0 Å². The van der Waals surface area contributed by atoms with E-state index in [0.29, 0.717) is 12.8 Å². The first-order valence-electron chi connectivity index (χ1n) is 23.8. The number of allylic oxidation sites excluding steroid dienone is 22. The number of rotatable bonds is 40. The van der Waals surface area contributed by atoms with Gasteiger partial charge in [0.1, 0.15) is 13.2 Å². The highest BCUT2D eigenvalue weighted by Gasteiger charge is 2.19. The Bertz CT molecular complexity index is 1380. The van der Waals surface area contributed by atoms with E-state index in [0.717, 1.165) is 96.3 Å². The third-order valence-electron chi connectivity index (χ3n) is 9.44. The molecule has 0 N–H and O–H groups in total. The van der Waals surface area contributed by atoms with Gasteiger partial charge in [0.15, 0.2) is 6.10 Å². The summed E-state index contributed by atoms with van der Waals surface area (Å²) >= 11 is 0. The Labute approximate surface area is 373 Å². The van der Waals surface area contributed by atoms with Crippen LogP contribution < -0.4 is 0 Å². The maximum absolute atomic E-state index is 12.7. The van der Waals surface area contributed by atoms with Crippen LogP contribution in [0.5, 0.6) is 0 Å². The third-order valence-corrected chi connectivity index (χ3v) is 9.44. The molecule has 0 aromatic rings. The lowest BCUT2D eigenvalue weighted by Crippen LogP contribution is -2.30. The smallest absolute Gasteiger partial charge is 0.306 e. The molecule has 0 saturated heterocycles. The fraction of sp³-hybridized carbons (Fsp3) is 0.545. The minimum atomic E-state index is -0.811. The Hall–Kier alpha value is -4.45. The number of esters is 3. The lowest BCUT2D eigenvalue weighted by molar-refractivity contribution is -0.167. The molecule has 0 heterocycles. The first-order chi connectivity index (χ1) is 30.0. The number of ether oxygens (including phenoxy) is 3. The summed E-state index contributed by atoms with van der Waals surface area (Å²) in [6, 6.07) is 0. The number of hydrogen-bond acceptors (Lipinski definition) is 6. The van der Waals surface area contributed by atoms with E-state index in [2.05, 4.69) is 57.2 Å². The predicted octanol–water partition coefficient (Wildman–Crippen LogP) is 15.5. The normalized spacial score (nSPS) is 13.3. The average molecular weight is 841 g/mol. The van der Waals surface area contributed by atoms with Gasteiger partial charge in [0.05, 0.1) is 0 Å². The molecule has 0 amide bonds. The van der Waals surface area contributed by atoms with Crippen molar-refractivity contribution in [3.05, 3.63) is 134 Å². The van der Waals surface area contributed by atoms with Crippen molar-refractivity contribution < 1.29 is 28.6 Å². The monoisotopic (exact) mass is 841 g/mol. The molecule has 6 heteroatoms. The first kappa shape index (κ1) is 56.5. The SMILES string of the molecule is CC\C=C/C=C\C=C/C=C\C=C\C=C/C=C\CCCCCC(=O)OCC(COC(=O)CCCCCCCCCCC)OC(=O)CCCCCCC\C=C/C=C\C=C/C=C\CC. The van der Waals surface area contributed by atoms with E-state index in [4.69, 9.17) is 14.2 Å². The largest absolute Gasteiger partial charge is 0.462 e. The van der Waals surface area contributed by atoms with Crippen molar-refractivity contribution in [1.82, 2.24) is 0 Å². The summed E-state index contributed by atoms with van der Waals surface area (Å²) in [5.74, 6) is -0.993. The summed E-state index contributed by atoms with van der Waals surface area (Å²) in [4.78, 5) is 37.8. The van der Waals surface area contributed by atoms with Crippen LogP contribution in [0.15, 0.2) is 134 Å². The van der Waals surface area contributed by atoms with Crippen molar-refractivity contribution in [2.24, 2.45) is 0 Å². The summed E-state index contributed by atoms with van der Waals surface area (Å²) in [5, 5.41) is 0. The average Bonchev–Trinajstić information content (AvgIpc) is 3.26. The molecule has 0 saturated carbocycles. The molecule has 0 aliphatic rings. The fourth-order valence-electron chi connectivity index (χ4n) is 5.90. The maximum Gasteiger partial charge on any atom is 0.306 e. The molecule has 0 radical (unpaired) electrons. The maximum atomic E-state index is 12.7. The molecule has 6 nitrogen and oxygen atoms in total. The number of unbranched alkanes of at least 4 members (excludes halogenated alkanes) is 16. The van der Waals surface area contributed by atoms with Crippen molar-refractivity contribution in [2.45, 2.75) is 181 Å². The van der Waals surface area contributed by atoms with Gasteiger partial charge in [-0.25, -0.2) is 0 Å². The van der Waals surface area contributed by atoms with E-state index in [9.17, 15) is 14.4 Å². The van der Waals surface area contributed by atoms with Crippen LogP contribution in [-0.4, -0.2) is 37.2 Å². The Kier molecular flexibility index (Phi) is 44.7. The number of hydrogen-bond donors (Lipinski definition) is 0. The zero-order valence-electron chi connectivity index (χ0n) is 38.6. The molecule has 0 spiro atoms. The van der Waals surface area contributed by atoms with Gasteiger partial charge in [0.25, 0.3) is 0 Å². The minimum Gasteiger partial charge on any atom is -0.462 e. The fourth-order valence-corrected chi connectivity index (χ4v) is 5.90. The van der Waals surface area contributed by atoms with Crippen LogP contribution >= 0.6 is 0 Å². The Morgan fingerprint density at radius 2 is 0.639 bits per heavy atom. The molecule has 0 bridgehead atoms. The third kappa shape index (κ3) is 46.5. The summed E-state index contributed by atoms with van der Waals surface area (Å²) in [6.07, 6.45) is 67.1. The highest BCUT2D eigenvalue weighted by atomic mass is 16.6. The van der Waals surface area contributed by atoms with Crippen molar-refractivity contribution >= 4 is 17.9 Å². The van der Waals surface area contributed by atoms with Crippen molar-refractivity contribution in [3.8, 4) is 0 Å². The lowest BCUT2D eigenvalue weighted by atomic mass is 10.1. The van der Waals surface area contributed by atoms with Crippen LogP contribution in [0.4, 0.5) is 0 Å². The van der Waals surface area contributed by atoms with Crippen molar-refractivity contribution in [2.75, 3.05) is 13.2 Å². The zero-order valence-corrected chi connectivity index (χ0v) is 38.6. The van der Waals surface area contributed by atoms with Gasteiger partial charge in [-0.15, -0.1) is 0 Å². The Morgan fingerprint density at radius 3 is 1.02 bits per heavy atom. The molecule has 1 atom stereocenters. The van der Waals surface area contributed by atoms with Gasteiger partial charge in [-0.3, -0.25) is 14.4 Å². The molecule has 0 aromatic carbocycles. The number of carbonyl (C=O) groups excluding carboxylic acids is 3. The quantitative estimate of drug-likeness (QED) is 0.0265. The van der Waals surface area contributed by atoms with Gasteiger partial charge in [-0.2, -0.15) is 0 Å². The topological polar surface area (TPSA) is 78.9 Å². The Morgan fingerprint density at radius 1 is 0.344 bits per heavy atom.